The molecular formula is C17H43Cl3O3Si5. The van der Waals surface area contributed by atoms with Crippen molar-refractivity contribution < 1.29 is 12.3 Å². The molecule has 0 spiro atoms. The number of hydrogen-bond acceptors (Lipinski definition) is 3. The molecule has 0 aromatic heterocycles. The molecule has 0 saturated carbocycles. The van der Waals surface area contributed by atoms with E-state index in [1.54, 1.807) is 0 Å². The van der Waals surface area contributed by atoms with Crippen LogP contribution in [0.15, 0.2) is 0 Å². The molecule has 170 valence electrons. The molecule has 0 amide bonds. The van der Waals surface area contributed by atoms with Crippen molar-refractivity contribution >= 4 is 73.0 Å². The first-order valence-corrected chi connectivity index (χ1v) is 27.9. The second-order valence-corrected chi connectivity index (χ2v) is 36.8. The van der Waals surface area contributed by atoms with Crippen LogP contribution >= 0.6 is 33.2 Å². The van der Waals surface area contributed by atoms with E-state index in [1.807, 2.05) is 0 Å². The lowest BCUT2D eigenvalue weighted by Gasteiger charge is -2.43. The number of unbranched alkanes of at least 4 members (excludes halogenated alkanes) is 5. The molecule has 28 heavy (non-hydrogen) atoms. The summed E-state index contributed by atoms with van der Waals surface area (Å²) in [4.78, 5) is 0. The van der Waals surface area contributed by atoms with E-state index in [0.29, 0.717) is 0 Å². The van der Waals surface area contributed by atoms with E-state index in [1.165, 1.54) is 19.3 Å². The fraction of sp³-hybridized carbons (Fsp3) is 1.00. The highest BCUT2D eigenvalue weighted by Crippen LogP contribution is 2.31. The quantitative estimate of drug-likeness (QED) is 0.118. The van der Waals surface area contributed by atoms with Gasteiger partial charge in [-0.3, -0.25) is 0 Å². The van der Waals surface area contributed by atoms with E-state index < -0.39 is 39.8 Å². The summed E-state index contributed by atoms with van der Waals surface area (Å²) in [6.07, 6.45) is 6.86. The molecule has 11 heteroatoms. The average Bonchev–Trinajstić information content (AvgIpc) is 2.34. The summed E-state index contributed by atoms with van der Waals surface area (Å²) < 4.78 is 20.2. The average molecular weight is 542 g/mol. The minimum Gasteiger partial charge on any atom is -0.417 e. The smallest absolute Gasteiger partial charge is 0.417 e. The molecule has 0 N–H and O–H groups in total. The van der Waals surface area contributed by atoms with Crippen molar-refractivity contribution in [2.45, 2.75) is 110 Å². The monoisotopic (exact) mass is 540 g/mol. The molecular weight excluding hydrogens is 499 g/mol. The van der Waals surface area contributed by atoms with Gasteiger partial charge in [0.25, 0.3) is 0 Å². The topological polar surface area (TPSA) is 27.7 Å². The third-order valence-electron chi connectivity index (χ3n) is 3.58. The Labute approximate surface area is 194 Å². The van der Waals surface area contributed by atoms with Crippen molar-refractivity contribution in [1.29, 1.82) is 0 Å². The summed E-state index contributed by atoms with van der Waals surface area (Å²) in [7, 11) is -7.98. The lowest BCUT2D eigenvalue weighted by Crippen LogP contribution is -2.60. The lowest BCUT2D eigenvalue weighted by atomic mass is 10.1. The van der Waals surface area contributed by atoms with Gasteiger partial charge in [0.15, 0.2) is 25.0 Å². The second-order valence-electron chi connectivity index (χ2n) is 10.6. The van der Waals surface area contributed by atoms with Crippen molar-refractivity contribution in [1.82, 2.24) is 0 Å². The summed E-state index contributed by atoms with van der Waals surface area (Å²) in [5.41, 5.74) is 0. The Kier molecular flexibility index (Phi) is 13.0. The molecule has 0 aliphatic carbocycles. The van der Waals surface area contributed by atoms with Gasteiger partial charge in [0.2, 0.25) is 0 Å². The van der Waals surface area contributed by atoms with Gasteiger partial charge in [0.05, 0.1) is 0 Å². The third kappa shape index (κ3) is 18.6. The molecule has 0 saturated heterocycles. The van der Waals surface area contributed by atoms with Crippen LogP contribution in [0.3, 0.4) is 0 Å². The molecule has 0 aromatic carbocycles. The van der Waals surface area contributed by atoms with Gasteiger partial charge in [-0.15, -0.1) is 33.2 Å². The Balaban J connectivity index is 4.79. The first-order valence-electron chi connectivity index (χ1n) is 10.5. The molecule has 0 fully saturated rings. The molecule has 0 atom stereocenters. The van der Waals surface area contributed by atoms with Crippen LogP contribution in [0.1, 0.15) is 38.5 Å². The zero-order chi connectivity index (χ0) is 22.3. The van der Waals surface area contributed by atoms with Crippen LogP contribution in [-0.2, 0) is 12.3 Å². The number of hydrogen-bond donors (Lipinski definition) is 0. The molecule has 0 heterocycles. The van der Waals surface area contributed by atoms with Gasteiger partial charge in [0.1, 0.15) is 0 Å². The minimum absolute atomic E-state index is 0.770. The molecule has 3 nitrogen and oxygen atoms in total. The van der Waals surface area contributed by atoms with Crippen LogP contribution < -0.4 is 0 Å². The first kappa shape index (κ1) is 29.8. The van der Waals surface area contributed by atoms with Gasteiger partial charge in [-0.2, -0.15) is 0 Å². The van der Waals surface area contributed by atoms with Gasteiger partial charge in [-0.05, 0) is 71.4 Å². The van der Waals surface area contributed by atoms with Crippen molar-refractivity contribution in [3.8, 4) is 0 Å². The summed E-state index contributed by atoms with van der Waals surface area (Å²) in [6, 6.07) is -0.735. The van der Waals surface area contributed by atoms with Crippen molar-refractivity contribution in [2.24, 2.45) is 0 Å². The maximum Gasteiger partial charge on any atom is 0.469 e. The molecule has 0 rings (SSSR count). The normalized spacial score (nSPS) is 14.6. The number of halogens is 3. The zero-order valence-corrected chi connectivity index (χ0v) is 26.8. The SMILES string of the molecule is C[Si](C)(C)O[Si](CCCCCCCC[Si](Cl)(Cl)Cl)(O[Si](C)(C)C)O[Si](C)(C)C. The van der Waals surface area contributed by atoms with Crippen molar-refractivity contribution in [2.75, 3.05) is 0 Å². The van der Waals surface area contributed by atoms with Gasteiger partial charge >= 0.3 is 14.8 Å². The van der Waals surface area contributed by atoms with Crippen LogP contribution in [0.2, 0.25) is 71.0 Å². The third-order valence-corrected chi connectivity index (χ3v) is 18.2. The predicted molar refractivity (Wildman–Crippen MR) is 140 cm³/mol. The highest BCUT2D eigenvalue weighted by Gasteiger charge is 2.49. The van der Waals surface area contributed by atoms with Gasteiger partial charge in [-0.25, -0.2) is 0 Å². The Morgan fingerprint density at radius 1 is 0.464 bits per heavy atom. The number of rotatable bonds is 15. The molecule has 0 aromatic rings. The largest absolute Gasteiger partial charge is 0.469 e. The van der Waals surface area contributed by atoms with Gasteiger partial charge in [-0.1, -0.05) is 32.1 Å². The fourth-order valence-electron chi connectivity index (χ4n) is 2.99. The lowest BCUT2D eigenvalue weighted by molar-refractivity contribution is 0.250. The van der Waals surface area contributed by atoms with E-state index in [-0.39, 0.29) is 0 Å². The van der Waals surface area contributed by atoms with Crippen LogP contribution in [0.5, 0.6) is 0 Å². The maximum atomic E-state index is 6.72. The van der Waals surface area contributed by atoms with E-state index in [0.717, 1.165) is 31.4 Å². The minimum atomic E-state index is -2.66. The summed E-state index contributed by atoms with van der Waals surface area (Å²) in [5, 5.41) is 0. The molecule has 0 radical (unpaired) electrons. The van der Waals surface area contributed by atoms with E-state index in [2.05, 4.69) is 58.9 Å². The van der Waals surface area contributed by atoms with Crippen molar-refractivity contribution in [3.05, 3.63) is 0 Å². The van der Waals surface area contributed by atoms with Crippen LogP contribution in [0.25, 0.3) is 0 Å². The molecule has 0 bridgehead atoms. The Morgan fingerprint density at radius 2 is 0.750 bits per heavy atom. The fourth-order valence-corrected chi connectivity index (χ4v) is 19.6. The first-order chi connectivity index (χ1) is 12.3. The molecule has 0 aliphatic rings. The Bertz CT molecular complexity index is 402. The second kappa shape index (κ2) is 12.2. The van der Waals surface area contributed by atoms with E-state index >= 15 is 0 Å². The highest BCUT2D eigenvalue weighted by atomic mass is 35.8. The van der Waals surface area contributed by atoms with E-state index in [9.17, 15) is 0 Å². The van der Waals surface area contributed by atoms with Crippen molar-refractivity contribution in [3.63, 3.8) is 0 Å². The van der Waals surface area contributed by atoms with E-state index in [4.69, 9.17) is 45.6 Å². The van der Waals surface area contributed by atoms with Crippen LogP contribution in [0, 0.1) is 0 Å². The van der Waals surface area contributed by atoms with Gasteiger partial charge < -0.3 is 12.3 Å². The molecule has 0 unspecified atom stereocenters. The maximum absolute atomic E-state index is 6.72. The standard InChI is InChI=1S/C17H43Cl3O3Si5/c1-24(2,3)21-28(22-25(4,5)6,23-26(7,8)9)17-15-13-11-10-12-14-16-27(18,19)20/h10-17H2,1-9H3. The summed E-state index contributed by atoms with van der Waals surface area (Å²) in [6.45, 7) is 20.2. The Hall–Kier alpha value is 1.83. The van der Waals surface area contributed by atoms with Gasteiger partial charge in [0, 0.05) is 6.04 Å². The van der Waals surface area contributed by atoms with Crippen LogP contribution in [0.4, 0.5) is 0 Å². The molecule has 0 aliphatic heterocycles. The zero-order valence-electron chi connectivity index (χ0n) is 19.5. The Morgan fingerprint density at radius 3 is 1.04 bits per heavy atom. The summed E-state index contributed by atoms with van der Waals surface area (Å²) in [5.74, 6) is 0. The predicted octanol–water partition coefficient (Wildman–Crippen LogP) is 8.48. The van der Waals surface area contributed by atoms with Crippen LogP contribution in [-0.4, -0.2) is 39.8 Å². The summed E-state index contributed by atoms with van der Waals surface area (Å²) >= 11 is 17.8. The highest BCUT2D eigenvalue weighted by molar-refractivity contribution is 7.64.